The molecule has 0 saturated carbocycles. The summed E-state index contributed by atoms with van der Waals surface area (Å²) in [6.45, 7) is 0.0720. The Morgan fingerprint density at radius 3 is 2.31 bits per heavy atom. The lowest BCUT2D eigenvalue weighted by molar-refractivity contribution is -0.142. The molecule has 1 fully saturated rings. The lowest BCUT2D eigenvalue weighted by atomic mass is 9.96. The van der Waals surface area contributed by atoms with Gasteiger partial charge in [0, 0.05) is 19.0 Å². The number of piperidine rings is 1. The van der Waals surface area contributed by atoms with Crippen molar-refractivity contribution in [3.8, 4) is 11.5 Å². The van der Waals surface area contributed by atoms with Crippen LogP contribution in [-0.4, -0.2) is 39.2 Å². The van der Waals surface area contributed by atoms with Crippen LogP contribution in [0, 0.1) is 0 Å². The number of carboxylic acid groups (broad SMARTS) is 1. The number of ether oxygens (including phenoxy) is 1. The lowest BCUT2D eigenvalue weighted by Gasteiger charge is -2.29. The molecular weight excluding hydrogens is 472 g/mol. The van der Waals surface area contributed by atoms with Crippen LogP contribution in [0.3, 0.4) is 0 Å². The Kier molecular flexibility index (Phi) is 6.31. The summed E-state index contributed by atoms with van der Waals surface area (Å²) in [4.78, 5) is 30.1. The molecule has 0 unspecified atom stereocenters. The number of halogens is 7. The number of hydrogen-bond donors (Lipinski definition) is 2. The number of nitrogens with one attached hydrogen (secondary N) is 1. The van der Waals surface area contributed by atoms with E-state index in [4.69, 9.17) is 21.4 Å². The Bertz CT molecular complexity index is 1080. The number of amides is 1. The van der Waals surface area contributed by atoms with Gasteiger partial charge in [-0.15, -0.1) is 0 Å². The topological polar surface area (TPSA) is 95.5 Å². The molecule has 1 amide bonds. The zero-order valence-corrected chi connectivity index (χ0v) is 16.6. The minimum absolute atomic E-state index is 0.0360. The second-order valence-corrected chi connectivity index (χ2v) is 7.32. The van der Waals surface area contributed by atoms with Gasteiger partial charge in [0.25, 0.3) is 5.56 Å². The second kappa shape index (κ2) is 8.52. The summed E-state index contributed by atoms with van der Waals surface area (Å²) in [5.74, 6) is -2.98. The van der Waals surface area contributed by atoms with Crippen LogP contribution in [0.15, 0.2) is 23.0 Å². The van der Waals surface area contributed by atoms with E-state index in [1.165, 1.54) is 0 Å². The van der Waals surface area contributed by atoms with Crippen LogP contribution in [0.25, 0.3) is 0 Å². The van der Waals surface area contributed by atoms with E-state index in [1.807, 2.05) is 0 Å². The summed E-state index contributed by atoms with van der Waals surface area (Å²) in [5, 5.41) is 8.26. The minimum atomic E-state index is -5.15. The molecule has 1 aliphatic heterocycles. The van der Waals surface area contributed by atoms with Crippen LogP contribution in [0.1, 0.15) is 35.8 Å². The summed E-state index contributed by atoms with van der Waals surface area (Å²) in [6.07, 6.45) is -11.0. The molecule has 3 rings (SSSR count). The number of aromatic amines is 1. The molecule has 1 saturated heterocycles. The van der Waals surface area contributed by atoms with Gasteiger partial charge in [-0.3, -0.25) is 4.79 Å². The van der Waals surface area contributed by atoms with E-state index in [2.05, 4.69) is 9.97 Å². The highest BCUT2D eigenvalue weighted by molar-refractivity contribution is 6.31. The third-order valence-corrected chi connectivity index (χ3v) is 5.11. The van der Waals surface area contributed by atoms with Crippen LogP contribution in [0.5, 0.6) is 11.5 Å². The van der Waals surface area contributed by atoms with Crippen LogP contribution in [-0.2, 0) is 12.4 Å². The number of nitrogens with zero attached hydrogens (tertiary/aromatic N) is 2. The smallest absolute Gasteiger partial charge is 0.437 e. The van der Waals surface area contributed by atoms with Crippen molar-refractivity contribution in [3.05, 3.63) is 50.7 Å². The predicted octanol–water partition coefficient (Wildman–Crippen LogP) is 5.11. The van der Waals surface area contributed by atoms with Crippen LogP contribution < -0.4 is 10.3 Å². The molecule has 174 valence electrons. The molecular formula is C18H14ClF6N3O4. The Hall–Kier alpha value is -2.96. The largest absolute Gasteiger partial charge is 0.465 e. The molecule has 14 heteroatoms. The predicted molar refractivity (Wildman–Crippen MR) is 98.0 cm³/mol. The SMILES string of the molecule is O=C(O)N1CCC(c2nc(C(F)(F)F)c(Oc3ccc(Cl)c(C(F)(F)F)c3)c(=O)[nH]2)CC1. The highest BCUT2D eigenvalue weighted by Gasteiger charge is 2.40. The molecule has 0 bridgehead atoms. The number of aromatic nitrogens is 2. The van der Waals surface area contributed by atoms with Crippen molar-refractivity contribution in [1.82, 2.24) is 14.9 Å². The zero-order valence-electron chi connectivity index (χ0n) is 15.8. The molecule has 1 aromatic carbocycles. The van der Waals surface area contributed by atoms with Gasteiger partial charge >= 0.3 is 18.4 Å². The van der Waals surface area contributed by atoms with Crippen LogP contribution >= 0.6 is 11.6 Å². The van der Waals surface area contributed by atoms with Crippen molar-refractivity contribution in [2.75, 3.05) is 13.1 Å². The molecule has 1 aromatic heterocycles. The van der Waals surface area contributed by atoms with Crippen molar-refractivity contribution in [3.63, 3.8) is 0 Å². The van der Waals surface area contributed by atoms with Gasteiger partial charge in [-0.2, -0.15) is 26.3 Å². The number of H-pyrrole nitrogens is 1. The fraction of sp³-hybridized carbons (Fsp3) is 0.389. The van der Waals surface area contributed by atoms with E-state index in [0.29, 0.717) is 6.07 Å². The summed E-state index contributed by atoms with van der Waals surface area (Å²) in [6, 6.07) is 2.03. The Balaban J connectivity index is 1.98. The first-order valence-corrected chi connectivity index (χ1v) is 9.39. The molecule has 0 radical (unpaired) electrons. The first kappa shape index (κ1) is 23.7. The van der Waals surface area contributed by atoms with Crippen molar-refractivity contribution in [1.29, 1.82) is 0 Å². The summed E-state index contributed by atoms with van der Waals surface area (Å²) in [7, 11) is 0. The van der Waals surface area contributed by atoms with Gasteiger partial charge in [0.15, 0.2) is 5.69 Å². The van der Waals surface area contributed by atoms with Gasteiger partial charge in [0.2, 0.25) is 5.75 Å². The number of rotatable bonds is 3. The van der Waals surface area contributed by atoms with E-state index in [1.54, 1.807) is 0 Å². The van der Waals surface area contributed by atoms with E-state index in [0.717, 1.165) is 17.0 Å². The Morgan fingerprint density at radius 2 is 1.78 bits per heavy atom. The average Bonchev–Trinajstić information content (AvgIpc) is 2.69. The second-order valence-electron chi connectivity index (χ2n) is 6.91. The lowest BCUT2D eigenvalue weighted by Crippen LogP contribution is -2.37. The van der Waals surface area contributed by atoms with E-state index in [-0.39, 0.29) is 31.8 Å². The zero-order chi connectivity index (χ0) is 23.8. The maximum Gasteiger partial charge on any atom is 0.437 e. The number of likely N-dealkylation sites (tertiary alicyclic amines) is 1. The van der Waals surface area contributed by atoms with Gasteiger partial charge in [0.1, 0.15) is 11.6 Å². The van der Waals surface area contributed by atoms with Crippen LogP contribution in [0.2, 0.25) is 5.02 Å². The highest BCUT2D eigenvalue weighted by Crippen LogP contribution is 2.40. The number of hydrogen-bond acceptors (Lipinski definition) is 4. The number of alkyl halides is 6. The molecule has 2 aromatic rings. The van der Waals surface area contributed by atoms with E-state index in [9.17, 15) is 35.9 Å². The molecule has 2 N–H and O–H groups in total. The first-order valence-electron chi connectivity index (χ1n) is 9.01. The Labute approximate surface area is 180 Å². The van der Waals surface area contributed by atoms with Crippen molar-refractivity contribution >= 4 is 17.7 Å². The number of carbonyl (C=O) groups is 1. The summed E-state index contributed by atoms with van der Waals surface area (Å²) in [5.41, 5.74) is -4.40. The summed E-state index contributed by atoms with van der Waals surface area (Å²) < 4.78 is 84.7. The minimum Gasteiger partial charge on any atom is -0.465 e. The quantitative estimate of drug-likeness (QED) is 0.589. The van der Waals surface area contributed by atoms with E-state index >= 15 is 0 Å². The molecule has 1 aliphatic rings. The van der Waals surface area contributed by atoms with Crippen LogP contribution in [0.4, 0.5) is 31.1 Å². The first-order chi connectivity index (χ1) is 14.8. The fourth-order valence-electron chi connectivity index (χ4n) is 3.21. The molecule has 0 atom stereocenters. The maximum absolute atomic E-state index is 13.6. The van der Waals surface area contributed by atoms with E-state index < -0.39 is 57.7 Å². The third kappa shape index (κ3) is 5.09. The highest BCUT2D eigenvalue weighted by atomic mass is 35.5. The van der Waals surface area contributed by atoms with Gasteiger partial charge in [0.05, 0.1) is 10.6 Å². The number of benzene rings is 1. The molecule has 32 heavy (non-hydrogen) atoms. The monoisotopic (exact) mass is 485 g/mol. The standard InChI is InChI=1S/C18H14ClF6N3O4/c19-11-2-1-9(7-10(11)17(20,21)22)32-12-13(18(23,24)25)26-14(27-15(12)29)8-3-5-28(6-4-8)16(30)31/h1-2,7-8H,3-6H2,(H,30,31)(H,26,27,29). The summed E-state index contributed by atoms with van der Waals surface area (Å²) >= 11 is 5.48. The fourth-order valence-corrected chi connectivity index (χ4v) is 3.43. The van der Waals surface area contributed by atoms with Crippen molar-refractivity contribution in [2.45, 2.75) is 31.1 Å². The molecule has 7 nitrogen and oxygen atoms in total. The van der Waals surface area contributed by atoms with Gasteiger partial charge in [-0.05, 0) is 31.0 Å². The normalized spacial score (nSPS) is 15.7. The Morgan fingerprint density at radius 1 is 1.16 bits per heavy atom. The third-order valence-electron chi connectivity index (χ3n) is 4.78. The molecule has 2 heterocycles. The average molecular weight is 486 g/mol. The maximum atomic E-state index is 13.6. The van der Waals surface area contributed by atoms with Gasteiger partial charge in [-0.1, -0.05) is 11.6 Å². The van der Waals surface area contributed by atoms with Gasteiger partial charge in [-0.25, -0.2) is 9.78 Å². The van der Waals surface area contributed by atoms with Gasteiger partial charge < -0.3 is 19.7 Å². The van der Waals surface area contributed by atoms with Crippen molar-refractivity contribution in [2.24, 2.45) is 0 Å². The molecule has 0 spiro atoms. The molecule has 0 aliphatic carbocycles. The van der Waals surface area contributed by atoms with Crippen molar-refractivity contribution < 1.29 is 41.0 Å².